The highest BCUT2D eigenvalue weighted by atomic mass is 35.5. The number of carbonyl (C=O) groups is 2. The Labute approximate surface area is 149 Å². The number of hydrogen-bond donors (Lipinski definition) is 2. The first-order chi connectivity index (χ1) is 10.9. The summed E-state index contributed by atoms with van der Waals surface area (Å²) in [4.78, 5) is 23.7. The number of hydrogen-bond acceptors (Lipinski definition) is 4. The monoisotopic (exact) mass is 354 g/mol. The Morgan fingerprint density at radius 3 is 2.54 bits per heavy atom. The van der Waals surface area contributed by atoms with Crippen LogP contribution < -0.4 is 11.1 Å². The molecule has 0 aliphatic heterocycles. The van der Waals surface area contributed by atoms with Crippen molar-refractivity contribution in [2.24, 2.45) is 11.7 Å². The lowest BCUT2D eigenvalue weighted by atomic mass is 9.74. The molecule has 0 bridgehead atoms. The summed E-state index contributed by atoms with van der Waals surface area (Å²) in [7, 11) is 1.36. The number of amides is 1. The van der Waals surface area contributed by atoms with Gasteiger partial charge in [0.25, 0.3) is 0 Å². The van der Waals surface area contributed by atoms with Crippen molar-refractivity contribution >= 4 is 24.3 Å². The van der Waals surface area contributed by atoms with Gasteiger partial charge in [0.1, 0.15) is 0 Å². The van der Waals surface area contributed by atoms with Gasteiger partial charge in [0.15, 0.2) is 0 Å². The van der Waals surface area contributed by atoms with Crippen LogP contribution in [0, 0.1) is 5.92 Å². The molecule has 1 fully saturated rings. The zero-order valence-corrected chi connectivity index (χ0v) is 15.2. The fraction of sp³-hybridized carbons (Fsp3) is 0.556. The van der Waals surface area contributed by atoms with Crippen LogP contribution in [0.25, 0.3) is 0 Å². The van der Waals surface area contributed by atoms with E-state index in [-0.39, 0.29) is 30.2 Å². The van der Waals surface area contributed by atoms with Crippen LogP contribution in [0.15, 0.2) is 24.3 Å². The van der Waals surface area contributed by atoms with Crippen molar-refractivity contribution in [1.82, 2.24) is 5.32 Å². The molecule has 0 aromatic heterocycles. The highest BCUT2D eigenvalue weighted by Gasteiger charge is 2.37. The quantitative estimate of drug-likeness (QED) is 0.796. The molecule has 134 valence electrons. The number of methoxy groups -OCH3 is 1. The van der Waals surface area contributed by atoms with E-state index in [0.717, 1.165) is 37.7 Å². The molecule has 2 atom stereocenters. The van der Waals surface area contributed by atoms with Crippen molar-refractivity contribution in [3.05, 3.63) is 35.4 Å². The van der Waals surface area contributed by atoms with Crippen molar-refractivity contribution in [1.29, 1.82) is 0 Å². The zero-order chi connectivity index (χ0) is 16.9. The summed E-state index contributed by atoms with van der Waals surface area (Å²) < 4.78 is 4.67. The highest BCUT2D eigenvalue weighted by Crippen LogP contribution is 2.31. The molecule has 1 aromatic rings. The zero-order valence-electron chi connectivity index (χ0n) is 14.3. The van der Waals surface area contributed by atoms with Crippen molar-refractivity contribution < 1.29 is 14.3 Å². The van der Waals surface area contributed by atoms with Gasteiger partial charge in [-0.05, 0) is 43.9 Å². The van der Waals surface area contributed by atoms with E-state index in [1.807, 2.05) is 19.1 Å². The highest BCUT2D eigenvalue weighted by molar-refractivity contribution is 5.89. The molecule has 2 rings (SSSR count). The summed E-state index contributed by atoms with van der Waals surface area (Å²) >= 11 is 0. The molecule has 0 radical (unpaired) electrons. The molecular formula is C18H27ClN2O3. The van der Waals surface area contributed by atoms with Gasteiger partial charge >= 0.3 is 5.97 Å². The Balaban J connectivity index is 0.00000288. The molecule has 1 amide bonds. The Morgan fingerprint density at radius 1 is 1.29 bits per heavy atom. The number of nitrogens with two attached hydrogens (primary N) is 1. The first-order valence-electron chi connectivity index (χ1n) is 8.18. The third kappa shape index (κ3) is 5.21. The maximum absolute atomic E-state index is 12.3. The van der Waals surface area contributed by atoms with Gasteiger partial charge in [-0.2, -0.15) is 0 Å². The van der Waals surface area contributed by atoms with E-state index >= 15 is 0 Å². The van der Waals surface area contributed by atoms with Crippen molar-refractivity contribution in [3.63, 3.8) is 0 Å². The summed E-state index contributed by atoms with van der Waals surface area (Å²) in [5.74, 6) is -0.386. The average molecular weight is 355 g/mol. The van der Waals surface area contributed by atoms with E-state index in [4.69, 9.17) is 5.73 Å². The second-order valence-electron chi connectivity index (χ2n) is 6.53. The largest absolute Gasteiger partial charge is 0.465 e. The van der Waals surface area contributed by atoms with Gasteiger partial charge in [-0.1, -0.05) is 25.0 Å². The molecule has 0 heterocycles. The normalized spacial score (nSPS) is 23.0. The van der Waals surface area contributed by atoms with E-state index in [2.05, 4.69) is 10.1 Å². The Morgan fingerprint density at radius 2 is 1.96 bits per heavy atom. The first-order valence-corrected chi connectivity index (χ1v) is 8.18. The van der Waals surface area contributed by atoms with Crippen LogP contribution in [0.1, 0.15) is 48.5 Å². The number of esters is 1. The van der Waals surface area contributed by atoms with Crippen LogP contribution in [0.3, 0.4) is 0 Å². The molecule has 0 spiro atoms. The number of nitrogens with one attached hydrogen (secondary N) is 1. The maximum Gasteiger partial charge on any atom is 0.337 e. The third-order valence-corrected chi connectivity index (χ3v) is 4.66. The second kappa shape index (κ2) is 9.04. The van der Waals surface area contributed by atoms with Gasteiger partial charge < -0.3 is 15.8 Å². The molecule has 1 aliphatic rings. The van der Waals surface area contributed by atoms with E-state index in [1.165, 1.54) is 7.11 Å². The lowest BCUT2D eigenvalue weighted by Crippen LogP contribution is -2.53. The molecule has 3 N–H and O–H groups in total. The van der Waals surface area contributed by atoms with Gasteiger partial charge in [0, 0.05) is 12.1 Å². The summed E-state index contributed by atoms with van der Waals surface area (Å²) in [5.41, 5.74) is 7.46. The van der Waals surface area contributed by atoms with E-state index in [0.29, 0.717) is 12.1 Å². The molecule has 24 heavy (non-hydrogen) atoms. The van der Waals surface area contributed by atoms with Crippen molar-refractivity contribution in [2.45, 2.75) is 44.6 Å². The van der Waals surface area contributed by atoms with E-state index in [1.54, 1.807) is 12.1 Å². The molecule has 1 aliphatic carbocycles. The van der Waals surface area contributed by atoms with Gasteiger partial charge in [-0.3, -0.25) is 4.79 Å². The standard InChI is InChI=1S/C18H26N2O3.ClH/c1-18(19)11-4-3-5-15(18)16(21)20-12-10-13-6-8-14(9-7-13)17(22)23-2;/h6-9,15H,3-5,10-12,19H2,1-2H3,(H,20,21);1H. The molecular weight excluding hydrogens is 328 g/mol. The Kier molecular flexibility index (Phi) is 7.70. The van der Waals surface area contributed by atoms with Crippen LogP contribution in [0.2, 0.25) is 0 Å². The SMILES string of the molecule is COC(=O)c1ccc(CCNC(=O)C2CCCCC2(C)N)cc1.Cl. The fourth-order valence-corrected chi connectivity index (χ4v) is 3.17. The molecule has 1 saturated carbocycles. The Bertz CT molecular complexity index is 558. The lowest BCUT2D eigenvalue weighted by molar-refractivity contribution is -0.128. The van der Waals surface area contributed by atoms with Gasteiger partial charge in [-0.15, -0.1) is 12.4 Å². The van der Waals surface area contributed by atoms with Crippen LogP contribution >= 0.6 is 12.4 Å². The summed E-state index contributed by atoms with van der Waals surface area (Å²) in [5, 5.41) is 2.99. The van der Waals surface area contributed by atoms with Gasteiger partial charge in [0.2, 0.25) is 5.91 Å². The molecule has 0 saturated heterocycles. The molecule has 1 aromatic carbocycles. The maximum atomic E-state index is 12.3. The number of benzene rings is 1. The van der Waals surface area contributed by atoms with Crippen molar-refractivity contribution in [3.8, 4) is 0 Å². The minimum absolute atomic E-state index is 0. The summed E-state index contributed by atoms with van der Waals surface area (Å²) in [6, 6.07) is 7.24. The predicted molar refractivity (Wildman–Crippen MR) is 96.3 cm³/mol. The molecule has 5 nitrogen and oxygen atoms in total. The van der Waals surface area contributed by atoms with Crippen LogP contribution in [0.4, 0.5) is 0 Å². The van der Waals surface area contributed by atoms with Gasteiger partial charge in [0.05, 0.1) is 18.6 Å². The Hall–Kier alpha value is -1.59. The lowest BCUT2D eigenvalue weighted by Gasteiger charge is -2.37. The number of rotatable bonds is 5. The van der Waals surface area contributed by atoms with E-state index in [9.17, 15) is 9.59 Å². The summed E-state index contributed by atoms with van der Waals surface area (Å²) in [6.07, 6.45) is 4.66. The minimum Gasteiger partial charge on any atom is -0.465 e. The average Bonchev–Trinajstić information content (AvgIpc) is 2.54. The van der Waals surface area contributed by atoms with E-state index < -0.39 is 5.54 Å². The molecule has 6 heteroatoms. The number of ether oxygens (including phenoxy) is 1. The molecule has 2 unspecified atom stereocenters. The third-order valence-electron chi connectivity index (χ3n) is 4.66. The summed E-state index contributed by atoms with van der Waals surface area (Å²) in [6.45, 7) is 2.55. The predicted octanol–water partition coefficient (Wildman–Crippen LogP) is 2.46. The minimum atomic E-state index is -0.398. The fourth-order valence-electron chi connectivity index (χ4n) is 3.17. The van der Waals surface area contributed by atoms with Crippen molar-refractivity contribution in [2.75, 3.05) is 13.7 Å². The smallest absolute Gasteiger partial charge is 0.337 e. The number of carbonyl (C=O) groups excluding carboxylic acids is 2. The topological polar surface area (TPSA) is 81.4 Å². The van der Waals surface area contributed by atoms with Gasteiger partial charge in [-0.25, -0.2) is 4.79 Å². The van der Waals surface area contributed by atoms with Crippen LogP contribution in [-0.4, -0.2) is 31.1 Å². The van der Waals surface area contributed by atoms with Crippen LogP contribution in [0.5, 0.6) is 0 Å². The second-order valence-corrected chi connectivity index (χ2v) is 6.53. The van der Waals surface area contributed by atoms with Crippen LogP contribution in [-0.2, 0) is 16.0 Å². The number of halogens is 1. The first kappa shape index (κ1) is 20.5.